The average Bonchev–Trinajstić information content (AvgIpc) is 3.35. The molecule has 2 heterocycles. The topological polar surface area (TPSA) is 68.3 Å². The maximum atomic E-state index is 12.5. The third kappa shape index (κ3) is 4.31. The van der Waals surface area contributed by atoms with Gasteiger partial charge >= 0.3 is 0 Å². The van der Waals surface area contributed by atoms with Crippen LogP contribution in [0.25, 0.3) is 11.1 Å². The number of nitrogens with zero attached hydrogens (tertiary/aromatic N) is 1. The first-order valence-electron chi connectivity index (χ1n) is 9.44. The number of fused-ring (bicyclic) bond motifs is 1. The Kier molecular flexibility index (Phi) is 5.24. The molecule has 0 saturated heterocycles. The van der Waals surface area contributed by atoms with Crippen molar-refractivity contribution in [3.8, 4) is 0 Å². The molecule has 0 radical (unpaired) electrons. The maximum Gasteiger partial charge on any atom is 0.251 e. The number of oxazole rings is 1. The van der Waals surface area contributed by atoms with E-state index in [9.17, 15) is 4.79 Å². The summed E-state index contributed by atoms with van der Waals surface area (Å²) in [7, 11) is 0. The van der Waals surface area contributed by atoms with Crippen molar-refractivity contribution < 1.29 is 13.6 Å². The van der Waals surface area contributed by atoms with E-state index in [1.54, 1.807) is 18.4 Å². The summed E-state index contributed by atoms with van der Waals surface area (Å²) in [5.74, 6) is 1.40. The second-order valence-corrected chi connectivity index (χ2v) is 6.93. The Morgan fingerprint density at radius 1 is 1.07 bits per heavy atom. The molecule has 2 aromatic carbocycles. The smallest absolute Gasteiger partial charge is 0.251 e. The van der Waals surface area contributed by atoms with Crippen LogP contribution in [0.1, 0.15) is 34.5 Å². The van der Waals surface area contributed by atoms with Crippen molar-refractivity contribution >= 4 is 17.0 Å². The van der Waals surface area contributed by atoms with Crippen molar-refractivity contribution in [2.75, 3.05) is 0 Å². The molecule has 4 rings (SSSR count). The zero-order valence-electron chi connectivity index (χ0n) is 15.7. The van der Waals surface area contributed by atoms with Gasteiger partial charge in [-0.1, -0.05) is 30.3 Å². The van der Waals surface area contributed by atoms with E-state index in [1.807, 2.05) is 43.3 Å². The summed E-state index contributed by atoms with van der Waals surface area (Å²) in [6.07, 6.45) is 3.87. The molecule has 0 aliphatic rings. The Hall–Kier alpha value is -3.34. The van der Waals surface area contributed by atoms with Crippen molar-refractivity contribution in [3.63, 3.8) is 0 Å². The van der Waals surface area contributed by atoms with Gasteiger partial charge in [-0.2, -0.15) is 0 Å². The number of carbonyl (C=O) groups is 1. The molecule has 0 spiro atoms. The average molecular weight is 374 g/mol. The number of aryl methyl sites for hydroxylation is 2. The molecule has 5 nitrogen and oxygen atoms in total. The zero-order valence-corrected chi connectivity index (χ0v) is 15.7. The molecule has 1 atom stereocenters. The van der Waals surface area contributed by atoms with Gasteiger partial charge in [0, 0.05) is 24.4 Å². The third-order valence-electron chi connectivity index (χ3n) is 4.63. The van der Waals surface area contributed by atoms with Gasteiger partial charge in [-0.05, 0) is 49.2 Å². The standard InChI is InChI=1S/C23H22N2O3/c1-16(14-19-8-5-13-27-19)24-23(26)18-10-11-20-21(15-18)28-22(25-20)12-9-17-6-3-2-4-7-17/h2-8,10-11,13,15-16H,9,12,14H2,1H3,(H,24,26). The van der Waals surface area contributed by atoms with Crippen molar-refractivity contribution in [3.05, 3.63) is 89.7 Å². The first-order valence-corrected chi connectivity index (χ1v) is 9.44. The summed E-state index contributed by atoms with van der Waals surface area (Å²) in [5.41, 5.74) is 3.21. The molecule has 0 fully saturated rings. The fourth-order valence-electron chi connectivity index (χ4n) is 3.21. The molecule has 1 N–H and O–H groups in total. The van der Waals surface area contributed by atoms with Gasteiger partial charge in [-0.25, -0.2) is 4.98 Å². The summed E-state index contributed by atoms with van der Waals surface area (Å²) in [5, 5.41) is 2.99. The molecule has 0 aliphatic heterocycles. The van der Waals surface area contributed by atoms with Crippen LogP contribution in [0.4, 0.5) is 0 Å². The minimum atomic E-state index is -0.136. The number of benzene rings is 2. The van der Waals surface area contributed by atoms with Crippen LogP contribution in [-0.2, 0) is 19.3 Å². The number of carbonyl (C=O) groups excluding carboxylic acids is 1. The van der Waals surface area contributed by atoms with Gasteiger partial charge in [-0.15, -0.1) is 0 Å². The summed E-state index contributed by atoms with van der Waals surface area (Å²) >= 11 is 0. The fourth-order valence-corrected chi connectivity index (χ4v) is 3.21. The number of nitrogens with one attached hydrogen (secondary N) is 1. The third-order valence-corrected chi connectivity index (χ3v) is 4.63. The largest absolute Gasteiger partial charge is 0.469 e. The Morgan fingerprint density at radius 3 is 2.71 bits per heavy atom. The molecule has 142 valence electrons. The van der Waals surface area contributed by atoms with E-state index < -0.39 is 0 Å². The minimum absolute atomic E-state index is 0.0366. The Morgan fingerprint density at radius 2 is 1.93 bits per heavy atom. The van der Waals surface area contributed by atoms with Crippen molar-refractivity contribution in [1.82, 2.24) is 10.3 Å². The summed E-state index contributed by atoms with van der Waals surface area (Å²) in [6, 6.07) is 19.3. The van der Waals surface area contributed by atoms with Gasteiger partial charge in [0.1, 0.15) is 11.3 Å². The van der Waals surface area contributed by atoms with E-state index in [1.165, 1.54) is 5.56 Å². The normalized spacial score (nSPS) is 12.2. The highest BCUT2D eigenvalue weighted by Gasteiger charge is 2.14. The number of furan rings is 1. The fraction of sp³-hybridized carbons (Fsp3) is 0.217. The Labute approximate surface area is 163 Å². The van der Waals surface area contributed by atoms with E-state index >= 15 is 0 Å². The van der Waals surface area contributed by atoms with Crippen molar-refractivity contribution in [1.29, 1.82) is 0 Å². The number of amides is 1. The molecular formula is C23H22N2O3. The molecule has 2 aromatic heterocycles. The van der Waals surface area contributed by atoms with Gasteiger partial charge in [0.05, 0.1) is 6.26 Å². The van der Waals surface area contributed by atoms with Gasteiger partial charge < -0.3 is 14.2 Å². The SMILES string of the molecule is CC(Cc1ccco1)NC(=O)c1ccc2nc(CCc3ccccc3)oc2c1. The van der Waals surface area contributed by atoms with Crippen LogP contribution in [-0.4, -0.2) is 16.9 Å². The summed E-state index contributed by atoms with van der Waals surface area (Å²) < 4.78 is 11.2. The molecule has 0 aliphatic carbocycles. The molecule has 28 heavy (non-hydrogen) atoms. The van der Waals surface area contributed by atoms with Gasteiger partial charge in [-0.3, -0.25) is 4.79 Å². The van der Waals surface area contributed by atoms with Crippen LogP contribution in [0.5, 0.6) is 0 Å². The molecule has 1 amide bonds. The summed E-state index contributed by atoms with van der Waals surface area (Å²) in [6.45, 7) is 1.95. The molecule has 0 bridgehead atoms. The number of hydrogen-bond acceptors (Lipinski definition) is 4. The van der Waals surface area contributed by atoms with Crippen LogP contribution < -0.4 is 5.32 Å². The number of hydrogen-bond donors (Lipinski definition) is 1. The van der Waals surface area contributed by atoms with E-state index in [4.69, 9.17) is 8.83 Å². The van der Waals surface area contributed by atoms with E-state index in [0.29, 0.717) is 23.5 Å². The maximum absolute atomic E-state index is 12.5. The predicted molar refractivity (Wildman–Crippen MR) is 107 cm³/mol. The lowest BCUT2D eigenvalue weighted by Crippen LogP contribution is -2.33. The highest BCUT2D eigenvalue weighted by molar-refractivity contribution is 5.97. The second kappa shape index (κ2) is 8.13. The van der Waals surface area contributed by atoms with Crippen molar-refractivity contribution in [2.24, 2.45) is 0 Å². The number of aromatic nitrogens is 1. The Balaban J connectivity index is 1.41. The van der Waals surface area contributed by atoms with Crippen LogP contribution >= 0.6 is 0 Å². The van der Waals surface area contributed by atoms with Gasteiger partial charge in [0.2, 0.25) is 0 Å². The van der Waals surface area contributed by atoms with Crippen molar-refractivity contribution in [2.45, 2.75) is 32.2 Å². The van der Waals surface area contributed by atoms with Crippen LogP contribution in [0.3, 0.4) is 0 Å². The van der Waals surface area contributed by atoms with E-state index in [0.717, 1.165) is 24.1 Å². The highest BCUT2D eigenvalue weighted by atomic mass is 16.3. The quantitative estimate of drug-likeness (QED) is 0.515. The van der Waals surface area contributed by atoms with E-state index in [-0.39, 0.29) is 11.9 Å². The molecule has 0 saturated carbocycles. The first kappa shape index (κ1) is 18.0. The van der Waals surface area contributed by atoms with E-state index in [2.05, 4.69) is 22.4 Å². The lowest BCUT2D eigenvalue weighted by molar-refractivity contribution is 0.0939. The molecular weight excluding hydrogens is 352 g/mol. The molecule has 5 heteroatoms. The molecule has 4 aromatic rings. The Bertz CT molecular complexity index is 1050. The highest BCUT2D eigenvalue weighted by Crippen LogP contribution is 2.19. The second-order valence-electron chi connectivity index (χ2n) is 6.93. The first-order chi connectivity index (χ1) is 13.7. The number of rotatable bonds is 7. The molecule has 1 unspecified atom stereocenters. The van der Waals surface area contributed by atoms with Gasteiger partial charge in [0.25, 0.3) is 5.91 Å². The predicted octanol–water partition coefficient (Wildman–Crippen LogP) is 4.57. The minimum Gasteiger partial charge on any atom is -0.469 e. The lowest BCUT2D eigenvalue weighted by Gasteiger charge is -2.12. The van der Waals surface area contributed by atoms with Crippen LogP contribution in [0.2, 0.25) is 0 Å². The monoisotopic (exact) mass is 374 g/mol. The lowest BCUT2D eigenvalue weighted by atomic mass is 10.1. The zero-order chi connectivity index (χ0) is 19.3. The summed E-state index contributed by atoms with van der Waals surface area (Å²) in [4.78, 5) is 17.1. The van der Waals surface area contributed by atoms with Crippen LogP contribution in [0, 0.1) is 0 Å². The van der Waals surface area contributed by atoms with Gasteiger partial charge in [0.15, 0.2) is 11.5 Å². The van der Waals surface area contributed by atoms with Crippen LogP contribution in [0.15, 0.2) is 75.8 Å².